The number of hydrogen-bond acceptors (Lipinski definition) is 5. The highest BCUT2D eigenvalue weighted by molar-refractivity contribution is 8.18. The summed E-state index contributed by atoms with van der Waals surface area (Å²) in [4.78, 5) is 23.3. The van der Waals surface area contributed by atoms with E-state index in [1.807, 2.05) is 6.92 Å². The van der Waals surface area contributed by atoms with E-state index in [-0.39, 0.29) is 11.8 Å². The standard InChI is InChI=1S/C19H15Cl2NO4S/c1-2-25-15-6-3-11(8-17-18(23)22-19(24)27-17)7-16(15)26-10-12-4-5-13(20)9-14(12)21/h3-9H,2,10H2,1H3,(H,22,23,24)/b17-8+. The maximum absolute atomic E-state index is 11.7. The molecule has 1 N–H and O–H groups in total. The highest BCUT2D eigenvalue weighted by Gasteiger charge is 2.25. The van der Waals surface area contributed by atoms with E-state index in [2.05, 4.69) is 5.32 Å². The zero-order valence-electron chi connectivity index (χ0n) is 14.3. The fraction of sp³-hybridized carbons (Fsp3) is 0.158. The van der Waals surface area contributed by atoms with E-state index in [4.69, 9.17) is 32.7 Å². The Morgan fingerprint density at radius 1 is 1.07 bits per heavy atom. The number of benzene rings is 2. The van der Waals surface area contributed by atoms with Crippen molar-refractivity contribution in [3.63, 3.8) is 0 Å². The highest BCUT2D eigenvalue weighted by atomic mass is 35.5. The van der Waals surface area contributed by atoms with Crippen molar-refractivity contribution < 1.29 is 19.1 Å². The van der Waals surface area contributed by atoms with Gasteiger partial charge in [0.25, 0.3) is 11.1 Å². The number of nitrogens with one attached hydrogen (secondary N) is 1. The van der Waals surface area contributed by atoms with E-state index < -0.39 is 5.91 Å². The maximum Gasteiger partial charge on any atom is 0.290 e. The van der Waals surface area contributed by atoms with Crippen molar-refractivity contribution in [2.75, 3.05) is 6.61 Å². The summed E-state index contributed by atoms with van der Waals surface area (Å²) in [6.07, 6.45) is 1.63. The van der Waals surface area contributed by atoms with Crippen LogP contribution in [0, 0.1) is 0 Å². The van der Waals surface area contributed by atoms with Gasteiger partial charge in [0.2, 0.25) is 0 Å². The lowest BCUT2D eigenvalue weighted by atomic mass is 10.1. The molecule has 1 aliphatic rings. The molecule has 1 heterocycles. The molecule has 1 aliphatic heterocycles. The van der Waals surface area contributed by atoms with E-state index in [1.54, 1.807) is 42.5 Å². The van der Waals surface area contributed by atoms with E-state index in [9.17, 15) is 9.59 Å². The van der Waals surface area contributed by atoms with Crippen LogP contribution in [-0.2, 0) is 11.4 Å². The molecule has 0 unspecified atom stereocenters. The summed E-state index contributed by atoms with van der Waals surface area (Å²) in [7, 11) is 0. The van der Waals surface area contributed by atoms with Crippen molar-refractivity contribution in [3.05, 3.63) is 62.5 Å². The number of thioether (sulfide) groups is 1. The van der Waals surface area contributed by atoms with Crippen LogP contribution in [0.2, 0.25) is 10.0 Å². The number of rotatable bonds is 6. The van der Waals surface area contributed by atoms with Gasteiger partial charge in [-0.05, 0) is 54.6 Å². The Morgan fingerprint density at radius 2 is 1.89 bits per heavy atom. The molecule has 2 amide bonds. The Bertz CT molecular complexity index is 930. The molecule has 1 saturated heterocycles. The molecule has 0 saturated carbocycles. The third-order valence-electron chi connectivity index (χ3n) is 3.61. The van der Waals surface area contributed by atoms with Gasteiger partial charge in [-0.3, -0.25) is 14.9 Å². The molecule has 0 aromatic heterocycles. The summed E-state index contributed by atoms with van der Waals surface area (Å²) < 4.78 is 11.5. The molecule has 0 radical (unpaired) electrons. The molecular formula is C19H15Cl2NO4S. The molecule has 140 valence electrons. The van der Waals surface area contributed by atoms with Crippen LogP contribution in [0.3, 0.4) is 0 Å². The normalized spacial score (nSPS) is 15.1. The summed E-state index contributed by atoms with van der Waals surface area (Å²) in [5.41, 5.74) is 1.49. The van der Waals surface area contributed by atoms with Crippen LogP contribution in [0.5, 0.6) is 11.5 Å². The number of amides is 2. The lowest BCUT2D eigenvalue weighted by molar-refractivity contribution is -0.115. The zero-order chi connectivity index (χ0) is 19.4. The highest BCUT2D eigenvalue weighted by Crippen LogP contribution is 2.33. The average molecular weight is 424 g/mol. The molecule has 27 heavy (non-hydrogen) atoms. The summed E-state index contributed by atoms with van der Waals surface area (Å²) in [5, 5.41) is 2.90. The van der Waals surface area contributed by atoms with Gasteiger partial charge in [0, 0.05) is 15.6 Å². The van der Waals surface area contributed by atoms with Crippen LogP contribution in [0.1, 0.15) is 18.1 Å². The first-order chi connectivity index (χ1) is 13.0. The monoisotopic (exact) mass is 423 g/mol. The first-order valence-electron chi connectivity index (χ1n) is 8.04. The smallest absolute Gasteiger partial charge is 0.290 e. The minimum Gasteiger partial charge on any atom is -0.490 e. The van der Waals surface area contributed by atoms with Crippen molar-refractivity contribution in [1.29, 1.82) is 0 Å². The van der Waals surface area contributed by atoms with Gasteiger partial charge in [0.1, 0.15) is 6.61 Å². The van der Waals surface area contributed by atoms with Crippen molar-refractivity contribution in [2.24, 2.45) is 0 Å². The van der Waals surface area contributed by atoms with E-state index in [1.165, 1.54) is 0 Å². The fourth-order valence-corrected chi connectivity index (χ4v) is 3.51. The zero-order valence-corrected chi connectivity index (χ0v) is 16.6. The largest absolute Gasteiger partial charge is 0.490 e. The van der Waals surface area contributed by atoms with Gasteiger partial charge in [-0.1, -0.05) is 35.3 Å². The summed E-state index contributed by atoms with van der Waals surface area (Å²) in [5.74, 6) is 0.672. The lowest BCUT2D eigenvalue weighted by Gasteiger charge is -2.13. The number of hydrogen-bond donors (Lipinski definition) is 1. The Hall–Kier alpha value is -2.15. The molecular weight excluding hydrogens is 409 g/mol. The lowest BCUT2D eigenvalue weighted by Crippen LogP contribution is -2.17. The summed E-state index contributed by atoms with van der Waals surface area (Å²) >= 11 is 13.0. The van der Waals surface area contributed by atoms with Crippen molar-refractivity contribution in [1.82, 2.24) is 5.32 Å². The van der Waals surface area contributed by atoms with E-state index >= 15 is 0 Å². The second-order valence-corrected chi connectivity index (χ2v) is 7.37. The molecule has 1 fully saturated rings. The molecule has 5 nitrogen and oxygen atoms in total. The van der Waals surface area contributed by atoms with Gasteiger partial charge >= 0.3 is 0 Å². The quantitative estimate of drug-likeness (QED) is 0.638. The first kappa shape index (κ1) is 19.6. The first-order valence-corrected chi connectivity index (χ1v) is 9.62. The van der Waals surface area contributed by atoms with Crippen molar-refractivity contribution >= 4 is 52.2 Å². The molecule has 0 atom stereocenters. The SMILES string of the molecule is CCOc1ccc(/C=C2/SC(=O)NC2=O)cc1OCc1ccc(Cl)cc1Cl. The number of carbonyl (C=O) groups excluding carboxylic acids is 2. The number of halogens is 2. The van der Waals surface area contributed by atoms with Gasteiger partial charge in [-0.15, -0.1) is 0 Å². The molecule has 0 bridgehead atoms. The predicted octanol–water partition coefficient (Wildman–Crippen LogP) is 5.30. The molecule has 2 aromatic rings. The van der Waals surface area contributed by atoms with Gasteiger partial charge in [0.15, 0.2) is 11.5 Å². The van der Waals surface area contributed by atoms with Crippen LogP contribution < -0.4 is 14.8 Å². The number of carbonyl (C=O) groups is 2. The Morgan fingerprint density at radius 3 is 2.56 bits per heavy atom. The Kier molecular flexibility index (Phi) is 6.31. The summed E-state index contributed by atoms with van der Waals surface area (Å²) in [6.45, 7) is 2.58. The number of ether oxygens (including phenoxy) is 2. The van der Waals surface area contributed by atoms with Crippen LogP contribution in [0.25, 0.3) is 6.08 Å². The van der Waals surface area contributed by atoms with Gasteiger partial charge in [-0.25, -0.2) is 0 Å². The topological polar surface area (TPSA) is 64.6 Å². The summed E-state index contributed by atoms with van der Waals surface area (Å²) in [6, 6.07) is 10.5. The fourth-order valence-electron chi connectivity index (χ4n) is 2.37. The van der Waals surface area contributed by atoms with Crippen LogP contribution in [0.15, 0.2) is 41.3 Å². The average Bonchev–Trinajstić information content (AvgIpc) is 2.93. The molecule has 2 aromatic carbocycles. The second-order valence-electron chi connectivity index (χ2n) is 5.52. The van der Waals surface area contributed by atoms with Crippen LogP contribution in [-0.4, -0.2) is 17.8 Å². The minimum absolute atomic E-state index is 0.226. The van der Waals surface area contributed by atoms with Crippen LogP contribution in [0.4, 0.5) is 4.79 Å². The molecule has 3 rings (SSSR count). The molecule has 0 spiro atoms. The minimum atomic E-state index is -0.408. The van der Waals surface area contributed by atoms with E-state index in [0.29, 0.717) is 38.6 Å². The molecule has 8 heteroatoms. The van der Waals surface area contributed by atoms with E-state index in [0.717, 1.165) is 17.3 Å². The van der Waals surface area contributed by atoms with Crippen molar-refractivity contribution in [2.45, 2.75) is 13.5 Å². The second kappa shape index (κ2) is 8.69. The Labute approximate surface area is 170 Å². The van der Waals surface area contributed by atoms with Gasteiger partial charge in [-0.2, -0.15) is 0 Å². The third-order valence-corrected chi connectivity index (χ3v) is 5.00. The predicted molar refractivity (Wildman–Crippen MR) is 108 cm³/mol. The van der Waals surface area contributed by atoms with Crippen LogP contribution >= 0.6 is 35.0 Å². The van der Waals surface area contributed by atoms with Gasteiger partial charge < -0.3 is 9.47 Å². The Balaban J connectivity index is 1.84. The molecule has 0 aliphatic carbocycles. The van der Waals surface area contributed by atoms with Gasteiger partial charge in [0.05, 0.1) is 11.5 Å². The third kappa shape index (κ3) is 4.97. The van der Waals surface area contributed by atoms with Crippen molar-refractivity contribution in [3.8, 4) is 11.5 Å². The maximum atomic E-state index is 11.7. The number of imide groups is 1.